The molecule has 1 unspecified atom stereocenters. The highest BCUT2D eigenvalue weighted by molar-refractivity contribution is 8.00. The number of carbonyl (C=O) groups is 3. The number of hydrogen-bond donors (Lipinski definition) is 1. The second kappa shape index (κ2) is 11.0. The van der Waals surface area contributed by atoms with Gasteiger partial charge in [0.2, 0.25) is 17.7 Å². The molecule has 26 heavy (non-hydrogen) atoms. The lowest BCUT2D eigenvalue weighted by molar-refractivity contribution is -0.139. The van der Waals surface area contributed by atoms with Gasteiger partial charge in [0, 0.05) is 25.9 Å². The SMILES string of the molecule is CCCCCCCSC1CC(=O)N(CC2CCC(C(=O)NC)CC2)C1=O. The Morgan fingerprint density at radius 1 is 1.12 bits per heavy atom. The first-order chi connectivity index (χ1) is 12.6. The molecule has 2 fully saturated rings. The first kappa shape index (κ1) is 21.3. The first-order valence-electron chi connectivity index (χ1n) is 10.2. The van der Waals surface area contributed by atoms with Crippen LogP contribution < -0.4 is 5.32 Å². The van der Waals surface area contributed by atoms with E-state index in [1.165, 1.54) is 30.6 Å². The van der Waals surface area contributed by atoms with Crippen molar-refractivity contribution in [2.75, 3.05) is 19.3 Å². The Labute approximate surface area is 162 Å². The van der Waals surface area contributed by atoms with Crippen LogP contribution in [0.2, 0.25) is 0 Å². The van der Waals surface area contributed by atoms with Crippen molar-refractivity contribution in [2.45, 2.75) is 76.4 Å². The fraction of sp³-hybridized carbons (Fsp3) is 0.850. The van der Waals surface area contributed by atoms with Crippen LogP contribution in [0.25, 0.3) is 0 Å². The van der Waals surface area contributed by atoms with Crippen LogP contribution in [0, 0.1) is 11.8 Å². The molecule has 1 N–H and O–H groups in total. The van der Waals surface area contributed by atoms with E-state index < -0.39 is 0 Å². The molecule has 1 aliphatic carbocycles. The second-order valence-electron chi connectivity index (χ2n) is 7.65. The number of hydrogen-bond acceptors (Lipinski definition) is 4. The third kappa shape index (κ3) is 6.00. The molecule has 1 atom stereocenters. The van der Waals surface area contributed by atoms with Gasteiger partial charge in [-0.25, -0.2) is 0 Å². The zero-order valence-electron chi connectivity index (χ0n) is 16.3. The second-order valence-corrected chi connectivity index (χ2v) is 8.96. The predicted octanol–water partition coefficient (Wildman–Crippen LogP) is 3.37. The van der Waals surface area contributed by atoms with Crippen molar-refractivity contribution in [3.63, 3.8) is 0 Å². The quantitative estimate of drug-likeness (QED) is 0.465. The van der Waals surface area contributed by atoms with Gasteiger partial charge in [-0.1, -0.05) is 32.6 Å². The molecule has 0 spiro atoms. The van der Waals surface area contributed by atoms with Gasteiger partial charge in [0.25, 0.3) is 0 Å². The zero-order chi connectivity index (χ0) is 18.9. The summed E-state index contributed by atoms with van der Waals surface area (Å²) in [4.78, 5) is 38.1. The largest absolute Gasteiger partial charge is 0.359 e. The average Bonchev–Trinajstić information content (AvgIpc) is 2.92. The predicted molar refractivity (Wildman–Crippen MR) is 106 cm³/mol. The summed E-state index contributed by atoms with van der Waals surface area (Å²) in [6, 6.07) is 0. The molecule has 6 heteroatoms. The van der Waals surface area contributed by atoms with Crippen molar-refractivity contribution in [1.29, 1.82) is 0 Å². The van der Waals surface area contributed by atoms with Gasteiger partial charge in [-0.3, -0.25) is 19.3 Å². The summed E-state index contributed by atoms with van der Waals surface area (Å²) in [5, 5.41) is 2.55. The number of thioether (sulfide) groups is 1. The summed E-state index contributed by atoms with van der Waals surface area (Å²) < 4.78 is 0. The smallest absolute Gasteiger partial charge is 0.242 e. The lowest BCUT2D eigenvalue weighted by atomic mass is 9.81. The molecule has 0 radical (unpaired) electrons. The molecule has 1 saturated carbocycles. The first-order valence-corrected chi connectivity index (χ1v) is 11.3. The Balaban J connectivity index is 1.71. The maximum atomic E-state index is 12.6. The molecule has 1 saturated heterocycles. The van der Waals surface area contributed by atoms with Gasteiger partial charge in [-0.2, -0.15) is 0 Å². The van der Waals surface area contributed by atoms with Crippen LogP contribution in [-0.4, -0.2) is 47.2 Å². The number of rotatable bonds is 10. The Hall–Kier alpha value is -1.04. The standard InChI is InChI=1S/C20H34N2O3S/c1-3-4-5-6-7-12-26-17-13-18(23)22(20(17)25)14-15-8-10-16(11-9-15)19(24)21-2/h15-17H,3-14H2,1-2H3,(H,21,24). The van der Waals surface area contributed by atoms with Crippen LogP contribution >= 0.6 is 11.8 Å². The Morgan fingerprint density at radius 3 is 2.46 bits per heavy atom. The number of nitrogens with zero attached hydrogens (tertiary/aromatic N) is 1. The fourth-order valence-electron chi connectivity index (χ4n) is 3.98. The highest BCUT2D eigenvalue weighted by Crippen LogP contribution is 2.32. The molecule has 3 amide bonds. The van der Waals surface area contributed by atoms with Crippen LogP contribution in [0.5, 0.6) is 0 Å². The summed E-state index contributed by atoms with van der Waals surface area (Å²) in [6.07, 6.45) is 10.1. The number of unbranched alkanes of at least 4 members (excludes halogenated alkanes) is 4. The number of amides is 3. The third-order valence-corrected chi connectivity index (χ3v) is 6.97. The summed E-state index contributed by atoms with van der Waals surface area (Å²) in [5.74, 6) is 1.54. The Bertz CT molecular complexity index is 489. The van der Waals surface area contributed by atoms with Crippen molar-refractivity contribution in [3.8, 4) is 0 Å². The molecular formula is C20H34N2O3S. The van der Waals surface area contributed by atoms with Gasteiger partial charge in [-0.15, -0.1) is 11.8 Å². The molecular weight excluding hydrogens is 348 g/mol. The van der Waals surface area contributed by atoms with E-state index in [2.05, 4.69) is 12.2 Å². The van der Waals surface area contributed by atoms with Gasteiger partial charge in [-0.05, 0) is 43.8 Å². The van der Waals surface area contributed by atoms with Crippen molar-refractivity contribution in [3.05, 3.63) is 0 Å². The van der Waals surface area contributed by atoms with E-state index in [0.29, 0.717) is 18.9 Å². The lowest BCUT2D eigenvalue weighted by Crippen LogP contribution is -2.38. The van der Waals surface area contributed by atoms with Gasteiger partial charge >= 0.3 is 0 Å². The Morgan fingerprint density at radius 2 is 1.81 bits per heavy atom. The minimum atomic E-state index is -0.170. The monoisotopic (exact) mass is 382 g/mol. The minimum absolute atomic E-state index is 0.00749. The van der Waals surface area contributed by atoms with Crippen molar-refractivity contribution >= 4 is 29.5 Å². The summed E-state index contributed by atoms with van der Waals surface area (Å²) in [7, 11) is 1.68. The van der Waals surface area contributed by atoms with Crippen molar-refractivity contribution in [2.24, 2.45) is 11.8 Å². The van der Waals surface area contributed by atoms with Crippen LogP contribution in [0.3, 0.4) is 0 Å². The number of carbonyl (C=O) groups excluding carboxylic acids is 3. The topological polar surface area (TPSA) is 66.5 Å². The normalized spacial score (nSPS) is 26.4. The van der Waals surface area contributed by atoms with E-state index in [1.807, 2.05) is 0 Å². The Kier molecular flexibility index (Phi) is 8.96. The molecule has 5 nitrogen and oxygen atoms in total. The van der Waals surface area contributed by atoms with Crippen molar-refractivity contribution in [1.82, 2.24) is 10.2 Å². The lowest BCUT2D eigenvalue weighted by Gasteiger charge is -2.29. The highest BCUT2D eigenvalue weighted by Gasteiger charge is 2.40. The van der Waals surface area contributed by atoms with Crippen LogP contribution in [-0.2, 0) is 14.4 Å². The van der Waals surface area contributed by atoms with Gasteiger partial charge in [0.15, 0.2) is 0 Å². The van der Waals surface area contributed by atoms with E-state index in [-0.39, 0.29) is 28.9 Å². The minimum Gasteiger partial charge on any atom is -0.359 e. The van der Waals surface area contributed by atoms with E-state index >= 15 is 0 Å². The number of nitrogens with one attached hydrogen (secondary N) is 1. The zero-order valence-corrected chi connectivity index (χ0v) is 17.1. The average molecular weight is 383 g/mol. The highest BCUT2D eigenvalue weighted by atomic mass is 32.2. The van der Waals surface area contributed by atoms with Gasteiger partial charge < -0.3 is 5.32 Å². The molecule has 0 aromatic rings. The van der Waals surface area contributed by atoms with Crippen molar-refractivity contribution < 1.29 is 14.4 Å². The van der Waals surface area contributed by atoms with Crippen LogP contribution in [0.15, 0.2) is 0 Å². The number of imide groups is 1. The molecule has 1 aliphatic heterocycles. The molecule has 0 aromatic heterocycles. The molecule has 2 rings (SSSR count). The van der Waals surface area contributed by atoms with E-state index in [0.717, 1.165) is 37.9 Å². The molecule has 2 aliphatic rings. The van der Waals surface area contributed by atoms with Gasteiger partial charge in [0.1, 0.15) is 0 Å². The van der Waals surface area contributed by atoms with E-state index in [1.54, 1.807) is 18.8 Å². The van der Waals surface area contributed by atoms with Crippen LogP contribution in [0.4, 0.5) is 0 Å². The molecule has 1 heterocycles. The third-order valence-electron chi connectivity index (χ3n) is 5.67. The maximum absolute atomic E-state index is 12.6. The molecule has 148 valence electrons. The van der Waals surface area contributed by atoms with E-state index in [4.69, 9.17) is 0 Å². The fourth-order valence-corrected chi connectivity index (χ4v) is 5.16. The summed E-state index contributed by atoms with van der Waals surface area (Å²) >= 11 is 1.66. The van der Waals surface area contributed by atoms with Crippen LogP contribution in [0.1, 0.15) is 71.1 Å². The molecule has 0 bridgehead atoms. The van der Waals surface area contributed by atoms with Gasteiger partial charge in [0.05, 0.1) is 5.25 Å². The summed E-state index contributed by atoms with van der Waals surface area (Å²) in [5.41, 5.74) is 0. The molecule has 0 aromatic carbocycles. The summed E-state index contributed by atoms with van der Waals surface area (Å²) in [6.45, 7) is 2.75. The van der Waals surface area contributed by atoms with E-state index in [9.17, 15) is 14.4 Å². The maximum Gasteiger partial charge on any atom is 0.242 e. The number of likely N-dealkylation sites (tertiary alicyclic amines) is 1.